The van der Waals surface area contributed by atoms with Gasteiger partial charge in [-0.1, -0.05) is 61.2 Å². The Morgan fingerprint density at radius 3 is 2.54 bits per heavy atom. The van der Waals surface area contributed by atoms with Crippen LogP contribution < -0.4 is 4.74 Å². The molecule has 1 aliphatic heterocycles. The first-order chi connectivity index (χ1) is 18.1. The SMILES string of the molecule is N#Cc1ccc(COc2ccc(Cl)cc2/C=C2/SC(=Nc3ccccc3)N(C3CCCCC3)C2=O)cc1. The lowest BCUT2D eigenvalue weighted by atomic mass is 9.94. The van der Waals surface area contributed by atoms with Gasteiger partial charge < -0.3 is 4.74 Å². The minimum atomic E-state index is -0.0235. The van der Waals surface area contributed by atoms with Crippen molar-refractivity contribution in [2.45, 2.75) is 44.8 Å². The van der Waals surface area contributed by atoms with Gasteiger partial charge in [0.05, 0.1) is 22.2 Å². The first-order valence-corrected chi connectivity index (χ1v) is 13.6. The van der Waals surface area contributed by atoms with Gasteiger partial charge in [0.25, 0.3) is 5.91 Å². The van der Waals surface area contributed by atoms with E-state index in [0.29, 0.717) is 27.8 Å². The van der Waals surface area contributed by atoms with Gasteiger partial charge in [0.15, 0.2) is 5.17 Å². The number of ether oxygens (including phenoxy) is 1. The Kier molecular flexibility index (Phi) is 7.93. The van der Waals surface area contributed by atoms with E-state index in [9.17, 15) is 4.79 Å². The quantitative estimate of drug-likeness (QED) is 0.308. The number of halogens is 1. The summed E-state index contributed by atoms with van der Waals surface area (Å²) in [4.78, 5) is 21.0. The van der Waals surface area contributed by atoms with Crippen LogP contribution in [0, 0.1) is 11.3 Å². The first kappa shape index (κ1) is 25.1. The highest BCUT2D eigenvalue weighted by atomic mass is 35.5. The number of carbonyl (C=O) groups excluding carboxylic acids is 1. The minimum Gasteiger partial charge on any atom is -0.488 e. The number of aliphatic imine (C=N–C) groups is 1. The summed E-state index contributed by atoms with van der Waals surface area (Å²) in [5.41, 5.74) is 3.11. The molecule has 0 atom stereocenters. The summed E-state index contributed by atoms with van der Waals surface area (Å²) in [5.74, 6) is 0.608. The maximum Gasteiger partial charge on any atom is 0.267 e. The van der Waals surface area contributed by atoms with E-state index in [-0.39, 0.29) is 11.9 Å². The predicted octanol–water partition coefficient (Wildman–Crippen LogP) is 7.73. The topological polar surface area (TPSA) is 65.7 Å². The molecule has 0 bridgehead atoms. The molecule has 3 aromatic rings. The number of amidine groups is 1. The Morgan fingerprint density at radius 2 is 1.81 bits per heavy atom. The fourth-order valence-corrected chi connectivity index (χ4v) is 5.81. The van der Waals surface area contributed by atoms with E-state index in [2.05, 4.69) is 6.07 Å². The van der Waals surface area contributed by atoms with Gasteiger partial charge in [-0.2, -0.15) is 5.26 Å². The number of hydrogen-bond donors (Lipinski definition) is 0. The molecule has 0 spiro atoms. The minimum absolute atomic E-state index is 0.0235. The molecule has 5 nitrogen and oxygen atoms in total. The molecular formula is C30H26ClN3O2S. The van der Waals surface area contributed by atoms with Crippen molar-refractivity contribution in [1.29, 1.82) is 5.26 Å². The summed E-state index contributed by atoms with van der Waals surface area (Å²) in [6, 6.07) is 24.7. The van der Waals surface area contributed by atoms with Gasteiger partial charge in [-0.25, -0.2) is 4.99 Å². The molecule has 2 aliphatic rings. The van der Waals surface area contributed by atoms with Crippen molar-refractivity contribution in [3.63, 3.8) is 0 Å². The number of rotatable bonds is 6. The molecule has 0 N–H and O–H groups in total. The fourth-order valence-electron chi connectivity index (χ4n) is 4.58. The van der Waals surface area contributed by atoms with E-state index in [1.807, 2.05) is 65.6 Å². The average molecular weight is 528 g/mol. The first-order valence-electron chi connectivity index (χ1n) is 12.4. The highest BCUT2D eigenvalue weighted by Gasteiger charge is 2.38. The molecule has 37 heavy (non-hydrogen) atoms. The average Bonchev–Trinajstić information content (AvgIpc) is 3.23. The maximum atomic E-state index is 13.7. The molecule has 2 fully saturated rings. The Balaban J connectivity index is 1.44. The highest BCUT2D eigenvalue weighted by molar-refractivity contribution is 8.18. The van der Waals surface area contributed by atoms with Crippen molar-refractivity contribution in [3.8, 4) is 11.8 Å². The van der Waals surface area contributed by atoms with Gasteiger partial charge in [0.2, 0.25) is 0 Å². The third-order valence-corrected chi connectivity index (χ3v) is 7.71. The molecule has 186 valence electrons. The van der Waals surface area contributed by atoms with Crippen LogP contribution in [0.25, 0.3) is 6.08 Å². The molecule has 1 amide bonds. The lowest BCUT2D eigenvalue weighted by molar-refractivity contribution is -0.124. The Morgan fingerprint density at radius 1 is 1.05 bits per heavy atom. The number of benzene rings is 3. The Hall–Kier alpha value is -3.53. The van der Waals surface area contributed by atoms with E-state index in [4.69, 9.17) is 26.6 Å². The van der Waals surface area contributed by atoms with Crippen LogP contribution >= 0.6 is 23.4 Å². The van der Waals surface area contributed by atoms with Crippen molar-refractivity contribution < 1.29 is 9.53 Å². The molecule has 1 saturated carbocycles. The van der Waals surface area contributed by atoms with Gasteiger partial charge in [0.1, 0.15) is 12.4 Å². The number of para-hydroxylation sites is 1. The zero-order chi connectivity index (χ0) is 25.6. The molecule has 7 heteroatoms. The Bertz CT molecular complexity index is 1370. The lowest BCUT2D eigenvalue weighted by Gasteiger charge is -2.30. The molecule has 1 heterocycles. The monoisotopic (exact) mass is 527 g/mol. The van der Waals surface area contributed by atoms with Crippen LogP contribution in [0.1, 0.15) is 48.8 Å². The van der Waals surface area contributed by atoms with Crippen LogP contribution in [0.15, 0.2) is 82.7 Å². The van der Waals surface area contributed by atoms with Gasteiger partial charge >= 0.3 is 0 Å². The summed E-state index contributed by atoms with van der Waals surface area (Å²) in [6.07, 6.45) is 7.29. The molecule has 0 radical (unpaired) electrons. The van der Waals surface area contributed by atoms with E-state index in [0.717, 1.165) is 47.7 Å². The summed E-state index contributed by atoms with van der Waals surface area (Å²) < 4.78 is 6.11. The molecule has 3 aromatic carbocycles. The number of amides is 1. The van der Waals surface area contributed by atoms with Crippen molar-refractivity contribution >= 4 is 46.2 Å². The van der Waals surface area contributed by atoms with Crippen molar-refractivity contribution in [3.05, 3.63) is 99.4 Å². The van der Waals surface area contributed by atoms with E-state index < -0.39 is 0 Å². The largest absolute Gasteiger partial charge is 0.488 e. The van der Waals surface area contributed by atoms with Crippen molar-refractivity contribution in [2.75, 3.05) is 0 Å². The van der Waals surface area contributed by atoms with Gasteiger partial charge in [-0.3, -0.25) is 9.69 Å². The van der Waals surface area contributed by atoms with Crippen LogP contribution in [0.4, 0.5) is 5.69 Å². The zero-order valence-electron chi connectivity index (χ0n) is 20.3. The molecule has 0 unspecified atom stereocenters. The molecule has 1 saturated heterocycles. The maximum absolute atomic E-state index is 13.7. The molecule has 0 aromatic heterocycles. The third-order valence-electron chi connectivity index (χ3n) is 6.49. The van der Waals surface area contributed by atoms with Crippen LogP contribution in [-0.2, 0) is 11.4 Å². The number of hydrogen-bond acceptors (Lipinski definition) is 5. The molecule has 1 aliphatic carbocycles. The second-order valence-electron chi connectivity index (χ2n) is 9.09. The van der Waals surface area contributed by atoms with E-state index in [1.165, 1.54) is 18.2 Å². The number of carbonyl (C=O) groups is 1. The number of nitriles is 1. The normalized spacial score (nSPS) is 18.4. The molecular weight excluding hydrogens is 502 g/mol. The third kappa shape index (κ3) is 6.07. The standard InChI is InChI=1S/C30H26ClN3O2S/c31-24-15-16-27(36-20-22-13-11-21(19-32)12-14-22)23(17-24)18-28-29(35)34(26-9-5-2-6-10-26)30(37-28)33-25-7-3-1-4-8-25/h1,3-4,7-8,11-18,26H,2,5-6,9-10,20H2/b28-18+,33-30?. The second-order valence-corrected chi connectivity index (χ2v) is 10.5. The summed E-state index contributed by atoms with van der Waals surface area (Å²) in [5, 5.41) is 10.3. The predicted molar refractivity (Wildman–Crippen MR) is 150 cm³/mol. The van der Waals surface area contributed by atoms with Crippen molar-refractivity contribution in [1.82, 2.24) is 4.90 Å². The van der Waals surface area contributed by atoms with Gasteiger partial charge in [-0.05, 0) is 78.7 Å². The van der Waals surface area contributed by atoms with Crippen LogP contribution in [-0.4, -0.2) is 22.0 Å². The summed E-state index contributed by atoms with van der Waals surface area (Å²) in [6.45, 7) is 0.333. The smallest absolute Gasteiger partial charge is 0.267 e. The van der Waals surface area contributed by atoms with E-state index >= 15 is 0 Å². The Labute approximate surface area is 226 Å². The second kappa shape index (κ2) is 11.7. The fraction of sp³-hybridized carbons (Fsp3) is 0.233. The van der Waals surface area contributed by atoms with Crippen LogP contribution in [0.3, 0.4) is 0 Å². The number of thioether (sulfide) groups is 1. The van der Waals surface area contributed by atoms with Gasteiger partial charge in [0, 0.05) is 16.6 Å². The summed E-state index contributed by atoms with van der Waals surface area (Å²) >= 11 is 7.74. The zero-order valence-corrected chi connectivity index (χ0v) is 21.8. The van der Waals surface area contributed by atoms with E-state index in [1.54, 1.807) is 18.2 Å². The highest BCUT2D eigenvalue weighted by Crippen LogP contribution is 2.39. The lowest BCUT2D eigenvalue weighted by Crippen LogP contribution is -2.40. The van der Waals surface area contributed by atoms with Crippen LogP contribution in [0.5, 0.6) is 5.75 Å². The van der Waals surface area contributed by atoms with Crippen LogP contribution in [0.2, 0.25) is 5.02 Å². The van der Waals surface area contributed by atoms with Crippen molar-refractivity contribution in [2.24, 2.45) is 4.99 Å². The molecule has 5 rings (SSSR count). The number of nitrogens with zero attached hydrogens (tertiary/aromatic N) is 3. The van der Waals surface area contributed by atoms with Gasteiger partial charge in [-0.15, -0.1) is 0 Å². The summed E-state index contributed by atoms with van der Waals surface area (Å²) in [7, 11) is 0.